The third-order valence-electron chi connectivity index (χ3n) is 2.49. The number of rotatable bonds is 5. The van der Waals surface area contributed by atoms with Crippen LogP contribution in [-0.2, 0) is 14.4 Å². The zero-order valence-corrected chi connectivity index (χ0v) is 10.5. The fourth-order valence-electron chi connectivity index (χ4n) is 1.52. The lowest BCUT2D eigenvalue weighted by Gasteiger charge is -2.18. The van der Waals surface area contributed by atoms with E-state index in [0.29, 0.717) is 0 Å². The molecular formula is C11H19NO7. The predicted octanol–water partition coefficient (Wildman–Crippen LogP) is -0.489. The van der Waals surface area contributed by atoms with Crippen LogP contribution in [0.1, 0.15) is 32.1 Å². The molecule has 0 bridgehead atoms. The van der Waals surface area contributed by atoms with Gasteiger partial charge in [-0.2, -0.15) is 0 Å². The molecule has 1 aliphatic rings. The standard InChI is InChI=1S/C6H8O7.C5H11N/c7-3(8)1-6(13,5(11)12)2-4(9)10;1-2-4-6-5-3-1/h13H,1-2H2,(H,7,8)(H,9,10)(H,11,12);6H,1-5H2. The Morgan fingerprint density at radius 3 is 1.47 bits per heavy atom. The lowest BCUT2D eigenvalue weighted by Crippen LogP contribution is -2.42. The van der Waals surface area contributed by atoms with Gasteiger partial charge < -0.3 is 25.7 Å². The van der Waals surface area contributed by atoms with Gasteiger partial charge in [0.05, 0.1) is 12.8 Å². The summed E-state index contributed by atoms with van der Waals surface area (Å²) in [6.07, 6.45) is 1.93. The van der Waals surface area contributed by atoms with E-state index < -0.39 is 36.4 Å². The zero-order chi connectivity index (χ0) is 14.9. The largest absolute Gasteiger partial charge is 0.481 e. The fourth-order valence-corrected chi connectivity index (χ4v) is 1.52. The van der Waals surface area contributed by atoms with Crippen LogP contribution in [0.5, 0.6) is 0 Å². The van der Waals surface area contributed by atoms with Gasteiger partial charge in [0, 0.05) is 0 Å². The number of carboxylic acid groups (broad SMARTS) is 3. The van der Waals surface area contributed by atoms with Gasteiger partial charge in [-0.25, -0.2) is 4.79 Å². The van der Waals surface area contributed by atoms with Gasteiger partial charge in [0.1, 0.15) is 0 Å². The molecule has 1 aliphatic heterocycles. The molecule has 8 nitrogen and oxygen atoms in total. The quantitative estimate of drug-likeness (QED) is 0.453. The van der Waals surface area contributed by atoms with E-state index in [9.17, 15) is 14.4 Å². The minimum absolute atomic E-state index is 1.14. The highest BCUT2D eigenvalue weighted by Crippen LogP contribution is 2.15. The third kappa shape index (κ3) is 8.11. The molecular weight excluding hydrogens is 258 g/mol. The van der Waals surface area contributed by atoms with E-state index in [1.54, 1.807) is 0 Å². The minimum atomic E-state index is -2.74. The van der Waals surface area contributed by atoms with E-state index in [0.717, 1.165) is 0 Å². The second-order valence-electron chi connectivity index (χ2n) is 4.29. The van der Waals surface area contributed by atoms with Crippen LogP contribution < -0.4 is 5.32 Å². The molecule has 0 atom stereocenters. The minimum Gasteiger partial charge on any atom is -0.481 e. The SMILES string of the molecule is C1CCNCC1.O=C(O)CC(O)(CC(=O)O)C(=O)O. The Labute approximate surface area is 110 Å². The Hall–Kier alpha value is -1.67. The van der Waals surface area contributed by atoms with E-state index in [4.69, 9.17) is 20.4 Å². The van der Waals surface area contributed by atoms with Crippen molar-refractivity contribution in [1.29, 1.82) is 0 Å². The summed E-state index contributed by atoms with van der Waals surface area (Å²) >= 11 is 0. The van der Waals surface area contributed by atoms with Gasteiger partial charge in [0.25, 0.3) is 0 Å². The number of aliphatic hydroxyl groups is 1. The lowest BCUT2D eigenvalue weighted by molar-refractivity contribution is -0.170. The van der Waals surface area contributed by atoms with Crippen LogP contribution in [0.25, 0.3) is 0 Å². The van der Waals surface area contributed by atoms with E-state index >= 15 is 0 Å². The highest BCUT2D eigenvalue weighted by molar-refractivity contribution is 5.88. The van der Waals surface area contributed by atoms with Crippen LogP contribution in [0.2, 0.25) is 0 Å². The molecule has 0 amide bonds. The number of carbonyl (C=O) groups is 3. The van der Waals surface area contributed by atoms with Crippen LogP contribution >= 0.6 is 0 Å². The summed E-state index contributed by atoms with van der Waals surface area (Å²) in [7, 11) is 0. The van der Waals surface area contributed by atoms with Crippen molar-refractivity contribution < 1.29 is 34.8 Å². The van der Waals surface area contributed by atoms with Gasteiger partial charge >= 0.3 is 17.9 Å². The number of piperidine rings is 1. The molecule has 0 aromatic heterocycles. The van der Waals surface area contributed by atoms with Crippen molar-refractivity contribution in [3.05, 3.63) is 0 Å². The van der Waals surface area contributed by atoms with Crippen LogP contribution in [0, 0.1) is 0 Å². The second kappa shape index (κ2) is 8.44. The normalized spacial score (nSPS) is 15.0. The van der Waals surface area contributed by atoms with E-state index in [1.807, 2.05) is 0 Å². The molecule has 0 saturated carbocycles. The van der Waals surface area contributed by atoms with Crippen molar-refractivity contribution in [2.24, 2.45) is 0 Å². The van der Waals surface area contributed by atoms with Crippen molar-refractivity contribution in [2.45, 2.75) is 37.7 Å². The average Bonchev–Trinajstić information content (AvgIpc) is 2.29. The Kier molecular flexibility index (Phi) is 7.69. The average molecular weight is 277 g/mol. The number of carboxylic acids is 3. The van der Waals surface area contributed by atoms with Gasteiger partial charge in [-0.05, 0) is 25.9 Å². The summed E-state index contributed by atoms with van der Waals surface area (Å²) in [4.78, 5) is 30.5. The van der Waals surface area contributed by atoms with Gasteiger partial charge in [0.15, 0.2) is 5.60 Å². The highest BCUT2D eigenvalue weighted by atomic mass is 16.4. The lowest BCUT2D eigenvalue weighted by atomic mass is 9.96. The summed E-state index contributed by atoms with van der Waals surface area (Å²) in [5, 5.41) is 37.1. The van der Waals surface area contributed by atoms with Gasteiger partial charge in [0.2, 0.25) is 0 Å². The smallest absolute Gasteiger partial charge is 0.336 e. The highest BCUT2D eigenvalue weighted by Gasteiger charge is 2.40. The van der Waals surface area contributed by atoms with Crippen molar-refractivity contribution in [3.8, 4) is 0 Å². The predicted molar refractivity (Wildman–Crippen MR) is 63.8 cm³/mol. The van der Waals surface area contributed by atoms with E-state index in [-0.39, 0.29) is 0 Å². The summed E-state index contributed by atoms with van der Waals surface area (Å²) in [5.74, 6) is -5.02. The van der Waals surface area contributed by atoms with E-state index in [1.165, 1.54) is 32.4 Å². The first-order valence-corrected chi connectivity index (χ1v) is 5.88. The van der Waals surface area contributed by atoms with Crippen LogP contribution in [-0.4, -0.2) is 57.0 Å². The first-order chi connectivity index (χ1) is 8.78. The molecule has 1 fully saturated rings. The maximum Gasteiger partial charge on any atom is 0.336 e. The Bertz CT molecular complexity index is 297. The summed E-state index contributed by atoms with van der Waals surface area (Å²) < 4.78 is 0. The molecule has 1 saturated heterocycles. The molecule has 0 radical (unpaired) electrons. The van der Waals surface area contributed by atoms with Gasteiger partial charge in [-0.3, -0.25) is 9.59 Å². The molecule has 1 rings (SSSR count). The van der Waals surface area contributed by atoms with Gasteiger partial charge in [-0.1, -0.05) is 6.42 Å². The topological polar surface area (TPSA) is 144 Å². The van der Waals surface area contributed by atoms with Crippen molar-refractivity contribution in [3.63, 3.8) is 0 Å². The Balaban J connectivity index is 0.000000443. The molecule has 0 spiro atoms. The van der Waals surface area contributed by atoms with Crippen LogP contribution in [0.15, 0.2) is 0 Å². The van der Waals surface area contributed by atoms with Crippen molar-refractivity contribution in [1.82, 2.24) is 5.32 Å². The monoisotopic (exact) mass is 277 g/mol. The third-order valence-corrected chi connectivity index (χ3v) is 2.49. The molecule has 0 unspecified atom stereocenters. The first kappa shape index (κ1) is 17.3. The molecule has 8 heteroatoms. The van der Waals surface area contributed by atoms with Gasteiger partial charge in [-0.15, -0.1) is 0 Å². The molecule has 5 N–H and O–H groups in total. The Morgan fingerprint density at radius 1 is 0.895 bits per heavy atom. The fraction of sp³-hybridized carbons (Fsp3) is 0.727. The molecule has 1 heterocycles. The second-order valence-corrected chi connectivity index (χ2v) is 4.29. The molecule has 0 aromatic carbocycles. The van der Waals surface area contributed by atoms with Crippen molar-refractivity contribution >= 4 is 17.9 Å². The molecule has 0 aliphatic carbocycles. The van der Waals surface area contributed by atoms with E-state index in [2.05, 4.69) is 5.32 Å². The Morgan fingerprint density at radius 2 is 1.32 bits per heavy atom. The maximum absolute atomic E-state index is 10.3. The summed E-state index contributed by atoms with van der Waals surface area (Å²) in [6.45, 7) is 2.50. The summed E-state index contributed by atoms with van der Waals surface area (Å²) in [6, 6.07) is 0. The van der Waals surface area contributed by atoms with Crippen LogP contribution in [0.4, 0.5) is 0 Å². The molecule has 19 heavy (non-hydrogen) atoms. The molecule has 110 valence electrons. The zero-order valence-electron chi connectivity index (χ0n) is 10.5. The molecule has 0 aromatic rings. The van der Waals surface area contributed by atoms with Crippen molar-refractivity contribution in [2.75, 3.05) is 13.1 Å². The first-order valence-electron chi connectivity index (χ1n) is 5.88. The maximum atomic E-state index is 10.3. The number of hydrogen-bond acceptors (Lipinski definition) is 5. The van der Waals surface area contributed by atoms with Crippen LogP contribution in [0.3, 0.4) is 0 Å². The number of aliphatic carboxylic acids is 3. The number of hydrogen-bond donors (Lipinski definition) is 5. The summed E-state index contributed by atoms with van der Waals surface area (Å²) in [5.41, 5.74) is -2.74. The number of nitrogens with one attached hydrogen (secondary N) is 1.